The van der Waals surface area contributed by atoms with E-state index >= 15 is 0 Å². The van der Waals surface area contributed by atoms with Crippen LogP contribution in [0.5, 0.6) is 0 Å². The molecular weight excluding hydrogens is 409 g/mol. The van der Waals surface area contributed by atoms with Crippen molar-refractivity contribution in [2.75, 3.05) is 41.1 Å². The summed E-state index contributed by atoms with van der Waals surface area (Å²) in [6.45, 7) is 3.52. The number of para-hydroxylation sites is 1. The molecule has 0 aliphatic carbocycles. The number of hydrogen-bond acceptors (Lipinski definition) is 5. The smallest absolute Gasteiger partial charge is 0.253 e. The Morgan fingerprint density at radius 3 is 2.20 bits per heavy atom. The van der Waals surface area contributed by atoms with E-state index in [1.165, 1.54) is 30.3 Å². The Hall–Kier alpha value is -2.94. The van der Waals surface area contributed by atoms with E-state index in [4.69, 9.17) is 0 Å². The van der Waals surface area contributed by atoms with Gasteiger partial charge in [0.25, 0.3) is 5.91 Å². The maximum absolute atomic E-state index is 14.0. The quantitative estimate of drug-likeness (QED) is 0.744. The van der Waals surface area contributed by atoms with Crippen molar-refractivity contribution in [2.45, 2.75) is 6.92 Å². The lowest BCUT2D eigenvalue weighted by molar-refractivity contribution is -0.119. The fourth-order valence-corrected chi connectivity index (χ4v) is 5.69. The molecule has 2 aromatic carbocycles. The number of amides is 2. The van der Waals surface area contributed by atoms with E-state index < -0.39 is 21.8 Å². The van der Waals surface area contributed by atoms with Crippen molar-refractivity contribution in [2.24, 2.45) is 5.92 Å². The molecule has 2 amide bonds. The van der Waals surface area contributed by atoms with Crippen molar-refractivity contribution in [3.63, 3.8) is 0 Å². The van der Waals surface area contributed by atoms with Crippen LogP contribution in [0.2, 0.25) is 0 Å². The molecule has 0 bridgehead atoms. The Morgan fingerprint density at radius 2 is 1.63 bits per heavy atom. The first kappa shape index (κ1) is 20.3. The summed E-state index contributed by atoms with van der Waals surface area (Å²) in [7, 11) is -3.68. The molecule has 0 saturated carbocycles. The van der Waals surface area contributed by atoms with Gasteiger partial charge in [-0.15, -0.1) is 0 Å². The first-order chi connectivity index (χ1) is 14.3. The molecule has 0 N–H and O–H groups in total. The van der Waals surface area contributed by atoms with Gasteiger partial charge in [-0.05, 0) is 36.4 Å². The Kier molecular flexibility index (Phi) is 5.23. The van der Waals surface area contributed by atoms with Crippen molar-refractivity contribution in [1.29, 1.82) is 0 Å². The third kappa shape index (κ3) is 3.65. The lowest BCUT2D eigenvalue weighted by atomic mass is 10.1. The van der Waals surface area contributed by atoms with E-state index in [-0.39, 0.29) is 23.2 Å². The van der Waals surface area contributed by atoms with Crippen molar-refractivity contribution >= 4 is 33.2 Å². The minimum absolute atomic E-state index is 0.182. The highest BCUT2D eigenvalue weighted by Gasteiger charge is 2.42. The molecule has 2 heterocycles. The van der Waals surface area contributed by atoms with Gasteiger partial charge in [0.1, 0.15) is 5.82 Å². The van der Waals surface area contributed by atoms with Crippen LogP contribution >= 0.6 is 0 Å². The number of carbonyl (C=O) groups is 2. The molecular formula is C21H22FN3O4S. The van der Waals surface area contributed by atoms with Gasteiger partial charge in [0.15, 0.2) is 0 Å². The lowest BCUT2D eigenvalue weighted by Gasteiger charge is -2.36. The molecule has 1 atom stereocenters. The van der Waals surface area contributed by atoms with Crippen molar-refractivity contribution in [3.05, 3.63) is 59.9 Å². The third-order valence-electron chi connectivity index (χ3n) is 5.47. The Morgan fingerprint density at radius 1 is 1.00 bits per heavy atom. The molecule has 2 aromatic rings. The molecule has 0 radical (unpaired) electrons. The fraction of sp³-hybridized carbons (Fsp3) is 0.333. The largest absolute Gasteiger partial charge is 0.366 e. The molecule has 2 aliphatic rings. The average Bonchev–Trinajstić information content (AvgIpc) is 2.94. The number of nitrogens with zero attached hydrogens (tertiary/aromatic N) is 3. The molecule has 2 saturated heterocycles. The van der Waals surface area contributed by atoms with Crippen LogP contribution in [0.3, 0.4) is 0 Å². The SMILES string of the molecule is C[C@@H]1CS(=O)(=O)N(c2ccc(C(=O)N3CCN(c4ccccc4F)CC3)cc2)C1=O. The van der Waals surface area contributed by atoms with Gasteiger partial charge in [0.2, 0.25) is 15.9 Å². The summed E-state index contributed by atoms with van der Waals surface area (Å²) < 4.78 is 39.2. The van der Waals surface area contributed by atoms with E-state index in [0.29, 0.717) is 37.4 Å². The van der Waals surface area contributed by atoms with Crippen molar-refractivity contribution < 1.29 is 22.4 Å². The number of benzene rings is 2. The zero-order valence-electron chi connectivity index (χ0n) is 16.5. The molecule has 4 rings (SSSR count). The minimum Gasteiger partial charge on any atom is -0.366 e. The second-order valence-electron chi connectivity index (χ2n) is 7.56. The molecule has 158 valence electrons. The fourth-order valence-electron chi connectivity index (χ4n) is 3.87. The van der Waals surface area contributed by atoms with Crippen LogP contribution < -0.4 is 9.21 Å². The van der Waals surface area contributed by atoms with Crippen LogP contribution in [-0.2, 0) is 14.8 Å². The number of halogens is 1. The Bertz CT molecular complexity index is 1080. The minimum atomic E-state index is -3.68. The summed E-state index contributed by atoms with van der Waals surface area (Å²) >= 11 is 0. The summed E-state index contributed by atoms with van der Waals surface area (Å²) in [6, 6.07) is 12.6. The number of carbonyl (C=O) groups excluding carboxylic acids is 2. The first-order valence-corrected chi connectivity index (χ1v) is 11.3. The summed E-state index contributed by atoms with van der Waals surface area (Å²) in [5.41, 5.74) is 1.18. The van der Waals surface area contributed by atoms with E-state index in [9.17, 15) is 22.4 Å². The molecule has 0 unspecified atom stereocenters. The number of anilines is 2. The van der Waals surface area contributed by atoms with Gasteiger partial charge >= 0.3 is 0 Å². The molecule has 7 nitrogen and oxygen atoms in total. The van der Waals surface area contributed by atoms with Crippen LogP contribution in [0.25, 0.3) is 0 Å². The number of sulfonamides is 1. The average molecular weight is 431 g/mol. The van der Waals surface area contributed by atoms with E-state index in [1.54, 1.807) is 30.0 Å². The van der Waals surface area contributed by atoms with Crippen LogP contribution in [0.15, 0.2) is 48.5 Å². The molecule has 2 aliphatic heterocycles. The first-order valence-electron chi connectivity index (χ1n) is 9.73. The van der Waals surface area contributed by atoms with Gasteiger partial charge in [-0.1, -0.05) is 19.1 Å². The second kappa shape index (κ2) is 7.71. The van der Waals surface area contributed by atoms with Crippen LogP contribution in [0.1, 0.15) is 17.3 Å². The zero-order chi connectivity index (χ0) is 21.5. The van der Waals surface area contributed by atoms with Gasteiger partial charge in [-0.2, -0.15) is 0 Å². The summed E-state index contributed by atoms with van der Waals surface area (Å²) in [4.78, 5) is 28.6. The standard InChI is InChI=1S/C21H22FN3O4S/c1-15-14-30(28,29)25(20(15)26)17-8-6-16(7-9-17)21(27)24-12-10-23(11-13-24)19-5-3-2-4-18(19)22/h2-9,15H,10-14H2,1H3/t15-/m1/s1. The summed E-state index contributed by atoms with van der Waals surface area (Å²) in [5.74, 6) is -1.72. The van der Waals surface area contributed by atoms with Crippen molar-refractivity contribution in [3.8, 4) is 0 Å². The van der Waals surface area contributed by atoms with E-state index in [0.717, 1.165) is 4.31 Å². The summed E-state index contributed by atoms with van der Waals surface area (Å²) in [6.07, 6.45) is 0. The molecule has 9 heteroatoms. The molecule has 0 spiro atoms. The third-order valence-corrected chi connectivity index (χ3v) is 7.34. The van der Waals surface area contributed by atoms with Crippen molar-refractivity contribution in [1.82, 2.24) is 4.90 Å². The van der Waals surface area contributed by atoms with Crippen LogP contribution in [0.4, 0.5) is 15.8 Å². The van der Waals surface area contributed by atoms with Gasteiger partial charge < -0.3 is 9.80 Å². The predicted molar refractivity (Wildman–Crippen MR) is 111 cm³/mol. The van der Waals surface area contributed by atoms with Gasteiger partial charge in [0.05, 0.1) is 23.0 Å². The van der Waals surface area contributed by atoms with Crippen LogP contribution in [-0.4, -0.2) is 57.1 Å². The van der Waals surface area contributed by atoms with Crippen LogP contribution in [0, 0.1) is 11.7 Å². The summed E-state index contributed by atoms with van der Waals surface area (Å²) in [5, 5.41) is 0. The second-order valence-corrected chi connectivity index (χ2v) is 9.42. The molecule has 30 heavy (non-hydrogen) atoms. The number of rotatable bonds is 3. The van der Waals surface area contributed by atoms with E-state index in [2.05, 4.69) is 0 Å². The van der Waals surface area contributed by atoms with Gasteiger partial charge in [-0.3, -0.25) is 9.59 Å². The zero-order valence-corrected chi connectivity index (χ0v) is 17.3. The molecule has 2 fully saturated rings. The number of hydrogen-bond donors (Lipinski definition) is 0. The monoisotopic (exact) mass is 431 g/mol. The number of piperazine rings is 1. The predicted octanol–water partition coefficient (Wildman–Crippen LogP) is 2.10. The Labute approximate surface area is 174 Å². The Balaban J connectivity index is 1.44. The lowest BCUT2D eigenvalue weighted by Crippen LogP contribution is -2.49. The highest BCUT2D eigenvalue weighted by Crippen LogP contribution is 2.28. The highest BCUT2D eigenvalue weighted by molar-refractivity contribution is 7.94. The maximum Gasteiger partial charge on any atom is 0.253 e. The topological polar surface area (TPSA) is 78.0 Å². The molecule has 0 aromatic heterocycles. The normalized spacial score (nSPS) is 21.2. The van der Waals surface area contributed by atoms with Gasteiger partial charge in [-0.25, -0.2) is 17.1 Å². The highest BCUT2D eigenvalue weighted by atomic mass is 32.2. The maximum atomic E-state index is 14.0. The van der Waals surface area contributed by atoms with E-state index in [1.807, 2.05) is 4.90 Å². The van der Waals surface area contributed by atoms with Gasteiger partial charge in [0, 0.05) is 31.7 Å².